The van der Waals surface area contributed by atoms with E-state index in [4.69, 9.17) is 4.98 Å². The molecule has 6 aromatic rings. The van der Waals surface area contributed by atoms with Crippen molar-refractivity contribution >= 4 is 44.9 Å². The zero-order valence-electron chi connectivity index (χ0n) is 18.4. The molecule has 0 fully saturated rings. The highest BCUT2D eigenvalue weighted by atomic mass is 15.1. The zero-order chi connectivity index (χ0) is 23.6. The summed E-state index contributed by atoms with van der Waals surface area (Å²) in [6, 6.07) is 25.1. The van der Waals surface area contributed by atoms with Crippen molar-refractivity contribution in [3.8, 4) is 17.5 Å². The van der Waals surface area contributed by atoms with Gasteiger partial charge in [-0.05, 0) is 60.7 Å². The van der Waals surface area contributed by atoms with E-state index in [1.54, 1.807) is 24.7 Å². The summed E-state index contributed by atoms with van der Waals surface area (Å²) in [5.74, 6) is 1.44. The van der Waals surface area contributed by atoms with Crippen LogP contribution in [0.15, 0.2) is 91.4 Å². The van der Waals surface area contributed by atoms with Crippen LogP contribution in [-0.4, -0.2) is 24.9 Å². The Bertz CT molecular complexity index is 1720. The highest BCUT2D eigenvalue weighted by molar-refractivity contribution is 5.94. The molecule has 166 valence electrons. The molecule has 0 bridgehead atoms. The quantitative estimate of drug-likeness (QED) is 0.296. The van der Waals surface area contributed by atoms with Crippen LogP contribution in [0, 0.1) is 11.3 Å². The summed E-state index contributed by atoms with van der Waals surface area (Å²) in [4.78, 5) is 21.1. The number of fused-ring (bicyclic) bond motifs is 2. The Morgan fingerprint density at radius 3 is 2.54 bits per heavy atom. The fourth-order valence-electron chi connectivity index (χ4n) is 3.91. The van der Waals surface area contributed by atoms with Gasteiger partial charge in [-0.15, -0.1) is 0 Å². The second-order valence-corrected chi connectivity index (χ2v) is 7.92. The number of imidazole rings is 1. The minimum atomic E-state index is 0.592. The lowest BCUT2D eigenvalue weighted by Crippen LogP contribution is -1.94. The molecule has 8 nitrogen and oxygen atoms in total. The maximum atomic E-state index is 9.28. The molecule has 0 saturated heterocycles. The molecule has 4 aromatic heterocycles. The fraction of sp³-hybridized carbons (Fsp3) is 0. The Kier molecular flexibility index (Phi) is 4.98. The Labute approximate surface area is 200 Å². The molecular weight excluding hydrogens is 436 g/mol. The van der Waals surface area contributed by atoms with Crippen LogP contribution in [0.25, 0.3) is 33.5 Å². The number of nitriles is 1. The number of nitrogens with one attached hydrogen (secondary N) is 3. The number of hydrogen-bond donors (Lipinski definition) is 3. The molecule has 8 heteroatoms. The van der Waals surface area contributed by atoms with Gasteiger partial charge in [0.05, 0.1) is 17.1 Å². The van der Waals surface area contributed by atoms with Crippen molar-refractivity contribution in [1.82, 2.24) is 24.9 Å². The van der Waals surface area contributed by atoms with Crippen molar-refractivity contribution in [3.63, 3.8) is 0 Å². The van der Waals surface area contributed by atoms with Crippen LogP contribution in [0.2, 0.25) is 0 Å². The lowest BCUT2D eigenvalue weighted by Gasteiger charge is -2.10. The molecule has 6 rings (SSSR count). The van der Waals surface area contributed by atoms with E-state index in [1.165, 1.54) is 0 Å². The lowest BCUT2D eigenvalue weighted by atomic mass is 10.1. The molecule has 2 aromatic carbocycles. The number of hydrogen-bond acceptors (Lipinski definition) is 7. The number of nitrogens with zero attached hydrogens (tertiary/aromatic N) is 5. The van der Waals surface area contributed by atoms with E-state index in [1.807, 2.05) is 66.7 Å². The predicted molar refractivity (Wildman–Crippen MR) is 137 cm³/mol. The van der Waals surface area contributed by atoms with Gasteiger partial charge >= 0.3 is 0 Å². The van der Waals surface area contributed by atoms with Crippen molar-refractivity contribution in [2.75, 3.05) is 10.6 Å². The van der Waals surface area contributed by atoms with Gasteiger partial charge in [0.25, 0.3) is 0 Å². The van der Waals surface area contributed by atoms with Gasteiger partial charge in [0.2, 0.25) is 0 Å². The summed E-state index contributed by atoms with van der Waals surface area (Å²) < 4.78 is 0. The van der Waals surface area contributed by atoms with Crippen LogP contribution in [0.1, 0.15) is 5.56 Å². The van der Waals surface area contributed by atoms with Crippen molar-refractivity contribution in [2.45, 2.75) is 0 Å². The third-order valence-corrected chi connectivity index (χ3v) is 5.58. The summed E-state index contributed by atoms with van der Waals surface area (Å²) in [5, 5.41) is 16.9. The average Bonchev–Trinajstić information content (AvgIpc) is 3.33. The molecule has 35 heavy (non-hydrogen) atoms. The summed E-state index contributed by atoms with van der Waals surface area (Å²) in [5.41, 5.74) is 6.50. The molecule has 0 amide bonds. The van der Waals surface area contributed by atoms with Gasteiger partial charge in [-0.3, -0.25) is 9.97 Å². The van der Waals surface area contributed by atoms with Crippen molar-refractivity contribution in [3.05, 3.63) is 97.0 Å². The van der Waals surface area contributed by atoms with Crippen molar-refractivity contribution < 1.29 is 0 Å². The molecule has 0 spiro atoms. The van der Waals surface area contributed by atoms with Gasteiger partial charge < -0.3 is 15.6 Å². The number of aromatic amines is 1. The molecule has 0 unspecified atom stereocenters. The van der Waals surface area contributed by atoms with Crippen LogP contribution in [0.3, 0.4) is 0 Å². The van der Waals surface area contributed by atoms with Gasteiger partial charge in [-0.1, -0.05) is 12.1 Å². The largest absolute Gasteiger partial charge is 0.355 e. The number of anilines is 4. The molecular formula is C27H18N8. The summed E-state index contributed by atoms with van der Waals surface area (Å²) in [7, 11) is 0. The van der Waals surface area contributed by atoms with Crippen LogP contribution in [0.5, 0.6) is 0 Å². The van der Waals surface area contributed by atoms with E-state index < -0.39 is 0 Å². The second-order valence-electron chi connectivity index (χ2n) is 7.92. The molecule has 0 radical (unpaired) electrons. The summed E-state index contributed by atoms with van der Waals surface area (Å²) in [6.07, 6.45) is 5.21. The number of benzene rings is 2. The Morgan fingerprint density at radius 1 is 0.771 bits per heavy atom. The number of rotatable bonds is 5. The molecule has 3 N–H and O–H groups in total. The Hall–Kier alpha value is -5.29. The van der Waals surface area contributed by atoms with Crippen molar-refractivity contribution in [2.24, 2.45) is 0 Å². The van der Waals surface area contributed by atoms with Gasteiger partial charge in [-0.2, -0.15) is 5.26 Å². The predicted octanol–water partition coefficient (Wildman–Crippen LogP) is 5.93. The fourth-order valence-corrected chi connectivity index (χ4v) is 3.91. The van der Waals surface area contributed by atoms with Crippen molar-refractivity contribution in [1.29, 1.82) is 5.26 Å². The topological polar surface area (TPSA) is 115 Å². The molecule has 0 aliphatic heterocycles. The maximum Gasteiger partial charge on any atom is 0.160 e. The van der Waals surface area contributed by atoms with Crippen LogP contribution in [-0.2, 0) is 0 Å². The number of pyridine rings is 3. The Morgan fingerprint density at radius 2 is 1.66 bits per heavy atom. The standard InChI is InChI=1S/C27H18N8/c28-16-17-4-5-22-21(14-17)23(10-13-30-22)31-20-3-1-2-18(15-20)26-33-24-6-7-25(34-27(24)35-26)32-19-8-11-29-12-9-19/h1-15H,(H,30,31)(H2,29,32,33,34,35). The molecule has 0 aliphatic rings. The highest BCUT2D eigenvalue weighted by Gasteiger charge is 2.10. The minimum absolute atomic E-state index is 0.592. The molecule has 0 saturated carbocycles. The summed E-state index contributed by atoms with van der Waals surface area (Å²) in [6.45, 7) is 0. The first-order chi connectivity index (χ1) is 17.2. The van der Waals surface area contributed by atoms with Gasteiger partial charge in [0.1, 0.15) is 17.2 Å². The van der Waals surface area contributed by atoms with Crippen LogP contribution in [0.4, 0.5) is 22.9 Å². The second kappa shape index (κ2) is 8.57. The zero-order valence-corrected chi connectivity index (χ0v) is 18.4. The van der Waals surface area contributed by atoms with Gasteiger partial charge in [0, 0.05) is 46.6 Å². The highest BCUT2D eigenvalue weighted by Crippen LogP contribution is 2.29. The van der Waals surface area contributed by atoms with Crippen LogP contribution < -0.4 is 10.6 Å². The van der Waals surface area contributed by atoms with Gasteiger partial charge in [-0.25, -0.2) is 9.97 Å². The average molecular weight is 454 g/mol. The first kappa shape index (κ1) is 20.3. The normalized spacial score (nSPS) is 10.8. The van der Waals surface area contributed by atoms with Gasteiger partial charge in [0.15, 0.2) is 5.65 Å². The van der Waals surface area contributed by atoms with E-state index in [-0.39, 0.29) is 0 Å². The first-order valence-electron chi connectivity index (χ1n) is 11.0. The summed E-state index contributed by atoms with van der Waals surface area (Å²) >= 11 is 0. The number of H-pyrrole nitrogens is 1. The monoisotopic (exact) mass is 454 g/mol. The lowest BCUT2D eigenvalue weighted by molar-refractivity contribution is 1.28. The molecule has 4 heterocycles. The number of aromatic nitrogens is 5. The maximum absolute atomic E-state index is 9.28. The van der Waals surface area contributed by atoms with E-state index in [0.29, 0.717) is 11.2 Å². The van der Waals surface area contributed by atoms with E-state index in [9.17, 15) is 5.26 Å². The van der Waals surface area contributed by atoms with Crippen LogP contribution >= 0.6 is 0 Å². The van der Waals surface area contributed by atoms with E-state index in [2.05, 4.69) is 36.6 Å². The van der Waals surface area contributed by atoms with E-state index in [0.717, 1.165) is 50.7 Å². The molecule has 0 atom stereocenters. The van der Waals surface area contributed by atoms with E-state index >= 15 is 0 Å². The third-order valence-electron chi connectivity index (χ3n) is 5.58. The minimum Gasteiger partial charge on any atom is -0.355 e. The third kappa shape index (κ3) is 4.10. The SMILES string of the molecule is N#Cc1ccc2nccc(Nc3cccc(-c4nc5ccc(Nc6ccncc6)nc5[nH]4)c3)c2c1. The smallest absolute Gasteiger partial charge is 0.160 e. The first-order valence-corrected chi connectivity index (χ1v) is 11.0. The molecule has 0 aliphatic carbocycles. The Balaban J connectivity index is 1.30.